The zero-order valence-corrected chi connectivity index (χ0v) is 18.2. The molecule has 0 spiro atoms. The van der Waals surface area contributed by atoms with Crippen LogP contribution < -0.4 is 5.32 Å². The number of fused-ring (bicyclic) bond motifs is 1. The number of anilines is 1. The van der Waals surface area contributed by atoms with Crippen LogP contribution in [0.4, 0.5) is 19.0 Å². The lowest BCUT2D eigenvalue weighted by molar-refractivity contribution is -0.115. The number of hydrogen-bond acceptors (Lipinski definition) is 10. The SMILES string of the molecule is CCCSc1nc(NCC(F)(F)F)c2ncn([C@@H]3O[C@H](COP(=O)(O)O)C(O)C3O)c2n1. The molecule has 3 heterocycles. The van der Waals surface area contributed by atoms with Crippen molar-refractivity contribution in [2.75, 3.05) is 24.2 Å². The molecule has 0 aromatic carbocycles. The van der Waals surface area contributed by atoms with Gasteiger partial charge in [0.1, 0.15) is 24.9 Å². The summed E-state index contributed by atoms with van der Waals surface area (Å²) < 4.78 is 60.1. The zero-order valence-electron chi connectivity index (χ0n) is 16.5. The Bertz CT molecular complexity index is 990. The van der Waals surface area contributed by atoms with Gasteiger partial charge in [-0.2, -0.15) is 13.2 Å². The van der Waals surface area contributed by atoms with Gasteiger partial charge in [0.2, 0.25) is 0 Å². The molecule has 2 unspecified atom stereocenters. The number of imidazole rings is 1. The largest absolute Gasteiger partial charge is 0.469 e. The lowest BCUT2D eigenvalue weighted by Gasteiger charge is -2.17. The Balaban J connectivity index is 1.93. The third-order valence-corrected chi connectivity index (χ3v) is 5.85. The van der Waals surface area contributed by atoms with E-state index in [1.165, 1.54) is 16.3 Å². The number of phosphoric ester groups is 1. The Hall–Kier alpha value is -1.52. The summed E-state index contributed by atoms with van der Waals surface area (Å²) >= 11 is 1.21. The normalized spacial score (nSPS) is 24.4. The van der Waals surface area contributed by atoms with E-state index >= 15 is 0 Å². The van der Waals surface area contributed by atoms with Crippen molar-refractivity contribution < 1.29 is 47.0 Å². The Morgan fingerprint density at radius 1 is 1.31 bits per heavy atom. The number of alkyl halides is 3. The maximum Gasteiger partial charge on any atom is 0.469 e. The van der Waals surface area contributed by atoms with E-state index in [1.54, 1.807) is 0 Å². The molecule has 0 bridgehead atoms. The van der Waals surface area contributed by atoms with E-state index < -0.39 is 51.7 Å². The minimum atomic E-state index is -4.84. The highest BCUT2D eigenvalue weighted by Crippen LogP contribution is 2.39. The van der Waals surface area contributed by atoms with Crippen LogP contribution in [0.25, 0.3) is 11.2 Å². The van der Waals surface area contributed by atoms with Crippen molar-refractivity contribution in [1.82, 2.24) is 19.5 Å². The maximum atomic E-state index is 12.7. The molecule has 2 aromatic rings. The van der Waals surface area contributed by atoms with Crippen LogP contribution in [0, 0.1) is 0 Å². The zero-order chi connectivity index (χ0) is 23.7. The molecule has 17 heteroatoms. The van der Waals surface area contributed by atoms with Crippen LogP contribution in [0.5, 0.6) is 0 Å². The highest BCUT2D eigenvalue weighted by Gasteiger charge is 2.45. The molecular formula is C15H21F3N5O7PS. The van der Waals surface area contributed by atoms with E-state index in [4.69, 9.17) is 14.5 Å². The summed E-state index contributed by atoms with van der Waals surface area (Å²) in [4.78, 5) is 30.1. The van der Waals surface area contributed by atoms with Crippen molar-refractivity contribution in [3.63, 3.8) is 0 Å². The average molecular weight is 503 g/mol. The Labute approximate surface area is 183 Å². The average Bonchev–Trinajstić information content (AvgIpc) is 3.23. The van der Waals surface area contributed by atoms with Gasteiger partial charge in [0, 0.05) is 5.75 Å². The number of ether oxygens (including phenoxy) is 1. The van der Waals surface area contributed by atoms with E-state index in [0.717, 1.165) is 12.7 Å². The molecule has 0 aliphatic carbocycles. The van der Waals surface area contributed by atoms with Crippen molar-refractivity contribution in [2.24, 2.45) is 0 Å². The third-order valence-electron chi connectivity index (χ3n) is 4.31. The second-order valence-electron chi connectivity index (χ2n) is 6.83. The van der Waals surface area contributed by atoms with Gasteiger partial charge in [-0.3, -0.25) is 9.09 Å². The fourth-order valence-corrected chi connectivity index (χ4v) is 3.95. The van der Waals surface area contributed by atoms with Crippen LogP contribution >= 0.6 is 19.6 Å². The summed E-state index contributed by atoms with van der Waals surface area (Å²) in [5.74, 6) is 0.431. The first-order valence-corrected chi connectivity index (χ1v) is 11.8. The van der Waals surface area contributed by atoms with E-state index in [2.05, 4.69) is 24.8 Å². The van der Waals surface area contributed by atoms with Crippen LogP contribution in [-0.2, 0) is 13.8 Å². The van der Waals surface area contributed by atoms with Gasteiger partial charge in [0.15, 0.2) is 28.4 Å². The number of rotatable bonds is 9. The maximum absolute atomic E-state index is 12.7. The first-order valence-electron chi connectivity index (χ1n) is 9.29. The highest BCUT2D eigenvalue weighted by molar-refractivity contribution is 7.99. The number of aliphatic hydroxyl groups is 2. The third kappa shape index (κ3) is 6.08. The van der Waals surface area contributed by atoms with Crippen molar-refractivity contribution in [2.45, 2.75) is 49.2 Å². The fourth-order valence-electron chi connectivity index (χ4n) is 2.92. The number of aliphatic hydroxyl groups excluding tert-OH is 2. The second kappa shape index (κ2) is 9.77. The molecule has 3 rings (SSSR count). The summed E-state index contributed by atoms with van der Waals surface area (Å²) in [6.45, 7) is -0.161. The first kappa shape index (κ1) is 25.1. The van der Waals surface area contributed by atoms with Gasteiger partial charge in [-0.15, -0.1) is 0 Å². The predicted octanol–water partition coefficient (Wildman–Crippen LogP) is 1.03. The lowest BCUT2D eigenvalue weighted by Crippen LogP contribution is -2.33. The standard InChI is InChI=1S/C15H21F3N5O7PS/c1-2-3-32-14-21-11(19-5-15(16,17)18)8-12(22-14)23(6-20-8)13-10(25)9(24)7(30-13)4-29-31(26,27)28/h6-7,9-10,13,24-25H,2-5H2,1H3,(H,19,21,22)(H2,26,27,28)/t7-,9?,10?,13-/m1/s1. The minimum absolute atomic E-state index is 0.0182. The van der Waals surface area contributed by atoms with Gasteiger partial charge in [0.05, 0.1) is 12.9 Å². The number of nitrogens with one attached hydrogen (secondary N) is 1. The molecular weight excluding hydrogens is 482 g/mol. The van der Waals surface area contributed by atoms with E-state index in [9.17, 15) is 27.9 Å². The summed E-state index contributed by atoms with van der Waals surface area (Å²) in [6, 6.07) is 0. The quantitative estimate of drug-likeness (QED) is 0.187. The van der Waals surface area contributed by atoms with E-state index in [1.807, 2.05) is 6.92 Å². The van der Waals surface area contributed by atoms with Gasteiger partial charge in [0.25, 0.3) is 0 Å². The van der Waals surface area contributed by atoms with Gasteiger partial charge >= 0.3 is 14.0 Å². The smallest absolute Gasteiger partial charge is 0.387 e. The molecule has 4 atom stereocenters. The molecule has 0 amide bonds. The molecule has 1 fully saturated rings. The topological polar surface area (TPSA) is 172 Å². The van der Waals surface area contributed by atoms with Gasteiger partial charge in [-0.25, -0.2) is 19.5 Å². The van der Waals surface area contributed by atoms with Crippen LogP contribution in [0.3, 0.4) is 0 Å². The Morgan fingerprint density at radius 3 is 2.66 bits per heavy atom. The molecule has 0 saturated carbocycles. The monoisotopic (exact) mass is 503 g/mol. The molecule has 12 nitrogen and oxygen atoms in total. The molecule has 1 aliphatic heterocycles. The molecule has 1 aliphatic rings. The first-order chi connectivity index (χ1) is 14.9. The second-order valence-corrected chi connectivity index (χ2v) is 9.13. The van der Waals surface area contributed by atoms with Crippen molar-refractivity contribution in [3.8, 4) is 0 Å². The molecule has 2 aromatic heterocycles. The predicted molar refractivity (Wildman–Crippen MR) is 105 cm³/mol. The van der Waals surface area contributed by atoms with Gasteiger partial charge in [-0.05, 0) is 6.42 Å². The number of aromatic nitrogens is 4. The van der Waals surface area contributed by atoms with Crippen LogP contribution in [0.1, 0.15) is 19.6 Å². The Morgan fingerprint density at radius 2 is 2.03 bits per heavy atom. The van der Waals surface area contributed by atoms with Crippen LogP contribution in [0.2, 0.25) is 0 Å². The van der Waals surface area contributed by atoms with Gasteiger partial charge in [-0.1, -0.05) is 18.7 Å². The number of nitrogens with zero attached hydrogens (tertiary/aromatic N) is 4. The van der Waals surface area contributed by atoms with Crippen molar-refractivity contribution in [1.29, 1.82) is 0 Å². The minimum Gasteiger partial charge on any atom is -0.387 e. The molecule has 180 valence electrons. The molecule has 5 N–H and O–H groups in total. The Kier molecular flexibility index (Phi) is 7.66. The summed E-state index contributed by atoms with van der Waals surface area (Å²) in [5, 5.41) is 22.9. The van der Waals surface area contributed by atoms with Gasteiger partial charge < -0.3 is 30.1 Å². The highest BCUT2D eigenvalue weighted by atomic mass is 32.2. The molecule has 1 saturated heterocycles. The molecule has 32 heavy (non-hydrogen) atoms. The van der Waals surface area contributed by atoms with E-state index in [0.29, 0.717) is 5.75 Å². The molecule has 0 radical (unpaired) electrons. The number of hydrogen-bond donors (Lipinski definition) is 5. The summed E-state index contributed by atoms with van der Waals surface area (Å²) in [7, 11) is -4.84. The fraction of sp³-hybridized carbons (Fsp3) is 0.667. The van der Waals surface area contributed by atoms with Crippen LogP contribution in [-0.4, -0.2) is 82.9 Å². The summed E-state index contributed by atoms with van der Waals surface area (Å²) in [5.41, 5.74) is 0.0198. The summed E-state index contributed by atoms with van der Waals surface area (Å²) in [6.07, 6.45) is -8.31. The van der Waals surface area contributed by atoms with Crippen LogP contribution in [0.15, 0.2) is 11.5 Å². The number of halogens is 3. The number of thioether (sulfide) groups is 1. The lowest BCUT2D eigenvalue weighted by atomic mass is 10.1. The van der Waals surface area contributed by atoms with Crippen molar-refractivity contribution in [3.05, 3.63) is 6.33 Å². The number of phosphoric acid groups is 1. The van der Waals surface area contributed by atoms with E-state index in [-0.39, 0.29) is 22.1 Å². The van der Waals surface area contributed by atoms with Crippen molar-refractivity contribution >= 4 is 36.6 Å².